The summed E-state index contributed by atoms with van der Waals surface area (Å²) < 4.78 is 39.5. The van der Waals surface area contributed by atoms with E-state index < -0.39 is 45.4 Å². The molecule has 0 radical (unpaired) electrons. The Balaban J connectivity index is 2.17. The summed E-state index contributed by atoms with van der Waals surface area (Å²) in [6.45, 7) is 9.43. The van der Waals surface area contributed by atoms with Gasteiger partial charge in [-0.05, 0) is 41.0 Å². The quantitative estimate of drug-likeness (QED) is 0.252. The maximum absolute atomic E-state index is 13.6. The van der Waals surface area contributed by atoms with Crippen molar-refractivity contribution in [2.75, 3.05) is 25.9 Å². The van der Waals surface area contributed by atoms with E-state index in [1.807, 2.05) is 65.0 Å². The molecule has 0 saturated heterocycles. The number of aliphatic hydroxyl groups excluding tert-OH is 1. The number of hydrogen-bond donors (Lipinski definition) is 4. The molecule has 0 spiro atoms. The number of aliphatic hydroxyl groups is 1. The van der Waals surface area contributed by atoms with Crippen LogP contribution in [-0.4, -0.2) is 73.7 Å². The van der Waals surface area contributed by atoms with Crippen LogP contribution in [0.25, 0.3) is 0 Å². The largest absolute Gasteiger partial charge is 0.390 e. The zero-order chi connectivity index (χ0) is 30.8. The average Bonchev–Trinajstić information content (AvgIpc) is 2.85. The maximum Gasteiger partial charge on any atom is 0.243 e. The van der Waals surface area contributed by atoms with Gasteiger partial charge in [-0.1, -0.05) is 77.1 Å². The Kier molecular flexibility index (Phi) is 12.9. The van der Waals surface area contributed by atoms with Gasteiger partial charge in [0.05, 0.1) is 24.9 Å². The molecule has 0 heterocycles. The number of amides is 2. The molecular formula is C30H45FN4O5S. The fraction of sp³-hybridized carbons (Fsp3) is 0.533. The number of halogens is 1. The second kappa shape index (κ2) is 15.4. The minimum Gasteiger partial charge on any atom is -0.390 e. The van der Waals surface area contributed by atoms with Crippen LogP contribution >= 0.6 is 0 Å². The summed E-state index contributed by atoms with van der Waals surface area (Å²) in [6.07, 6.45) is 0.143. The molecule has 11 heteroatoms. The van der Waals surface area contributed by atoms with Crippen molar-refractivity contribution >= 4 is 21.8 Å². The molecule has 0 aromatic heterocycles. The van der Waals surface area contributed by atoms with Crippen molar-refractivity contribution < 1.29 is 27.5 Å². The highest BCUT2D eigenvalue weighted by Gasteiger charge is 2.36. The van der Waals surface area contributed by atoms with Gasteiger partial charge in [0.1, 0.15) is 11.9 Å². The van der Waals surface area contributed by atoms with E-state index in [1.54, 1.807) is 12.1 Å². The number of hydrogen-bond acceptors (Lipinski definition) is 6. The Labute approximate surface area is 244 Å². The van der Waals surface area contributed by atoms with Crippen LogP contribution in [-0.2, 0) is 32.6 Å². The van der Waals surface area contributed by atoms with E-state index in [2.05, 4.69) is 16.0 Å². The number of benzene rings is 2. The molecule has 0 aliphatic carbocycles. The number of nitrogens with zero attached hydrogens (tertiary/aromatic N) is 1. The Morgan fingerprint density at radius 1 is 0.976 bits per heavy atom. The van der Waals surface area contributed by atoms with Crippen molar-refractivity contribution in [2.45, 2.75) is 65.8 Å². The van der Waals surface area contributed by atoms with E-state index >= 15 is 0 Å². The lowest BCUT2D eigenvalue weighted by Gasteiger charge is -2.34. The monoisotopic (exact) mass is 592 g/mol. The minimum atomic E-state index is -3.60. The van der Waals surface area contributed by atoms with Gasteiger partial charge in [-0.25, -0.2) is 12.8 Å². The number of rotatable bonds is 15. The zero-order valence-corrected chi connectivity index (χ0v) is 25.7. The molecule has 2 aromatic carbocycles. The van der Waals surface area contributed by atoms with E-state index in [0.717, 1.165) is 11.8 Å². The highest BCUT2D eigenvalue weighted by Crippen LogP contribution is 2.20. The Morgan fingerprint density at radius 2 is 1.61 bits per heavy atom. The third-order valence-corrected chi connectivity index (χ3v) is 7.69. The van der Waals surface area contributed by atoms with Gasteiger partial charge in [-0.15, -0.1) is 0 Å². The molecule has 9 nitrogen and oxygen atoms in total. The first-order valence-corrected chi connectivity index (χ1v) is 15.6. The van der Waals surface area contributed by atoms with Gasteiger partial charge < -0.3 is 21.1 Å². The normalized spacial score (nSPS) is 14.5. The molecular weight excluding hydrogens is 547 g/mol. The van der Waals surface area contributed by atoms with Crippen LogP contribution in [0.5, 0.6) is 0 Å². The Morgan fingerprint density at radius 3 is 2.17 bits per heavy atom. The summed E-state index contributed by atoms with van der Waals surface area (Å²) >= 11 is 0. The molecule has 0 aliphatic heterocycles. The molecule has 2 unspecified atom stereocenters. The average molecular weight is 593 g/mol. The van der Waals surface area contributed by atoms with Crippen LogP contribution in [0.15, 0.2) is 54.6 Å². The Hall–Kier alpha value is -2.86. The number of carbonyl (C=O) groups excluding carboxylic acids is 2. The van der Waals surface area contributed by atoms with Gasteiger partial charge in [-0.3, -0.25) is 9.59 Å². The molecule has 2 amide bonds. The first-order chi connectivity index (χ1) is 19.1. The van der Waals surface area contributed by atoms with Crippen molar-refractivity contribution in [1.82, 2.24) is 20.3 Å². The number of nitrogens with one attached hydrogen (secondary N) is 3. The van der Waals surface area contributed by atoms with Gasteiger partial charge in [0, 0.05) is 19.6 Å². The minimum absolute atomic E-state index is 0.0362. The SMILES string of the molecule is CC(C)CN(CC(O)C(Cc1ccccc1)NC(=O)[C@@H](NC(=O)CNCc1cccc(F)c1)C(C)(C)C)S(C)(=O)=O. The van der Waals surface area contributed by atoms with E-state index in [4.69, 9.17) is 0 Å². The van der Waals surface area contributed by atoms with Crippen LogP contribution in [0, 0.1) is 17.2 Å². The summed E-state index contributed by atoms with van der Waals surface area (Å²) in [7, 11) is -3.60. The summed E-state index contributed by atoms with van der Waals surface area (Å²) in [5.74, 6) is -1.24. The van der Waals surface area contributed by atoms with Crippen LogP contribution in [0.1, 0.15) is 45.7 Å². The first kappa shape index (κ1) is 34.3. The second-order valence-corrected chi connectivity index (χ2v) is 13.9. The van der Waals surface area contributed by atoms with Gasteiger partial charge in [0.25, 0.3) is 0 Å². The Bertz CT molecular complexity index is 1230. The van der Waals surface area contributed by atoms with Gasteiger partial charge >= 0.3 is 0 Å². The highest BCUT2D eigenvalue weighted by atomic mass is 32.2. The molecule has 0 fully saturated rings. The first-order valence-electron chi connectivity index (χ1n) is 13.8. The lowest BCUT2D eigenvalue weighted by Crippen LogP contribution is -2.59. The molecule has 228 valence electrons. The maximum atomic E-state index is 13.6. The standard InChI is InChI=1S/C30H45FN4O5S/c1-21(2)19-35(41(6,39)40)20-26(36)25(16-22-11-8-7-9-12-22)33-29(38)28(30(3,4)5)34-27(37)18-32-17-23-13-10-14-24(31)15-23/h7-15,21,25-26,28,32,36H,16-20H2,1-6H3,(H,33,38)(H,34,37)/t25?,26?,28-/m1/s1. The molecule has 0 saturated carbocycles. The zero-order valence-electron chi connectivity index (χ0n) is 24.9. The predicted molar refractivity (Wildman–Crippen MR) is 159 cm³/mol. The van der Waals surface area contributed by atoms with E-state index in [1.165, 1.54) is 16.4 Å². The molecule has 2 rings (SSSR count). The molecule has 41 heavy (non-hydrogen) atoms. The van der Waals surface area contributed by atoms with Crippen LogP contribution in [0.4, 0.5) is 4.39 Å². The summed E-state index contributed by atoms with van der Waals surface area (Å²) in [4.78, 5) is 26.4. The fourth-order valence-electron chi connectivity index (χ4n) is 4.36. The van der Waals surface area contributed by atoms with Crippen molar-refractivity contribution in [3.05, 3.63) is 71.5 Å². The number of carbonyl (C=O) groups is 2. The molecule has 0 aliphatic rings. The van der Waals surface area contributed by atoms with Crippen LogP contribution < -0.4 is 16.0 Å². The van der Waals surface area contributed by atoms with E-state index in [0.29, 0.717) is 5.56 Å². The second-order valence-electron chi connectivity index (χ2n) is 11.9. The predicted octanol–water partition coefficient (Wildman–Crippen LogP) is 2.45. The van der Waals surface area contributed by atoms with Gasteiger partial charge in [0.15, 0.2) is 0 Å². The fourth-order valence-corrected chi connectivity index (χ4v) is 5.35. The molecule has 3 atom stereocenters. The van der Waals surface area contributed by atoms with E-state index in [9.17, 15) is 27.5 Å². The topological polar surface area (TPSA) is 128 Å². The highest BCUT2D eigenvalue weighted by molar-refractivity contribution is 7.88. The van der Waals surface area contributed by atoms with Crippen molar-refractivity contribution in [3.63, 3.8) is 0 Å². The van der Waals surface area contributed by atoms with E-state index in [-0.39, 0.29) is 44.3 Å². The van der Waals surface area contributed by atoms with Crippen LogP contribution in [0.3, 0.4) is 0 Å². The smallest absolute Gasteiger partial charge is 0.243 e. The molecule has 2 aromatic rings. The number of sulfonamides is 1. The summed E-state index contributed by atoms with van der Waals surface area (Å²) in [6, 6.07) is 13.5. The van der Waals surface area contributed by atoms with Crippen molar-refractivity contribution in [2.24, 2.45) is 11.3 Å². The van der Waals surface area contributed by atoms with Crippen molar-refractivity contribution in [1.29, 1.82) is 0 Å². The summed E-state index contributed by atoms with van der Waals surface area (Å²) in [5.41, 5.74) is 0.854. The van der Waals surface area contributed by atoms with Crippen molar-refractivity contribution in [3.8, 4) is 0 Å². The third-order valence-electron chi connectivity index (χ3n) is 6.46. The van der Waals surface area contributed by atoms with Gasteiger partial charge in [0.2, 0.25) is 21.8 Å². The van der Waals surface area contributed by atoms with Crippen LogP contribution in [0.2, 0.25) is 0 Å². The summed E-state index contributed by atoms with van der Waals surface area (Å²) in [5, 5.41) is 19.9. The van der Waals surface area contributed by atoms with Gasteiger partial charge in [-0.2, -0.15) is 4.31 Å². The lowest BCUT2D eigenvalue weighted by atomic mass is 9.85. The lowest BCUT2D eigenvalue weighted by molar-refractivity contribution is -0.132. The molecule has 4 N–H and O–H groups in total. The third kappa shape index (κ3) is 12.3. The molecule has 0 bridgehead atoms.